The topological polar surface area (TPSA) is 21.3 Å². The van der Waals surface area contributed by atoms with Gasteiger partial charge in [0, 0.05) is 12.2 Å². The summed E-state index contributed by atoms with van der Waals surface area (Å²) in [4.78, 5) is 0. The fourth-order valence-corrected chi connectivity index (χ4v) is 2.08. The van der Waals surface area contributed by atoms with E-state index >= 15 is 0 Å². The number of rotatable bonds is 4. The molecule has 1 N–H and O–H groups in total. The summed E-state index contributed by atoms with van der Waals surface area (Å²) in [6.07, 6.45) is -4.32. The zero-order valence-corrected chi connectivity index (χ0v) is 11.9. The predicted octanol–water partition coefficient (Wildman–Crippen LogP) is 4.98. The molecule has 2 nitrogen and oxygen atoms in total. The molecule has 0 unspecified atom stereocenters. The van der Waals surface area contributed by atoms with Gasteiger partial charge in [-0.15, -0.1) is 0 Å². The van der Waals surface area contributed by atoms with Gasteiger partial charge >= 0.3 is 6.18 Å². The van der Waals surface area contributed by atoms with Gasteiger partial charge in [-0.05, 0) is 42.0 Å². The fraction of sp³-hybridized carbons (Fsp3) is 0.200. The highest BCUT2D eigenvalue weighted by molar-refractivity contribution is 6.32. The van der Waals surface area contributed by atoms with Crippen molar-refractivity contribution in [2.45, 2.75) is 12.7 Å². The standard InChI is InChI=1S/C15H13ClF3NO/c1-21-14-7-2-10(8-13(14)16)9-20-12-5-3-11(4-6-12)15(17,18)19/h2-8,20H,9H2,1H3. The number of halogens is 4. The quantitative estimate of drug-likeness (QED) is 0.859. The van der Waals surface area contributed by atoms with Crippen molar-refractivity contribution in [3.63, 3.8) is 0 Å². The molecule has 0 atom stereocenters. The highest BCUT2D eigenvalue weighted by Crippen LogP contribution is 2.30. The number of ether oxygens (including phenoxy) is 1. The molecule has 2 rings (SSSR count). The Morgan fingerprint density at radius 3 is 2.29 bits per heavy atom. The van der Waals surface area contributed by atoms with Crippen LogP contribution >= 0.6 is 11.6 Å². The SMILES string of the molecule is COc1ccc(CNc2ccc(C(F)(F)F)cc2)cc1Cl. The van der Waals surface area contributed by atoms with E-state index in [-0.39, 0.29) is 0 Å². The van der Waals surface area contributed by atoms with Crippen molar-refractivity contribution in [2.75, 3.05) is 12.4 Å². The summed E-state index contributed by atoms with van der Waals surface area (Å²) in [6.45, 7) is 0.453. The van der Waals surface area contributed by atoms with Gasteiger partial charge in [-0.1, -0.05) is 17.7 Å². The fourth-order valence-electron chi connectivity index (χ4n) is 1.80. The van der Waals surface area contributed by atoms with Crippen LogP contribution in [0.4, 0.5) is 18.9 Å². The molecule has 0 aliphatic rings. The Morgan fingerprint density at radius 2 is 1.76 bits per heavy atom. The molecule has 0 aromatic heterocycles. The van der Waals surface area contributed by atoms with E-state index in [1.807, 2.05) is 6.07 Å². The second kappa shape index (κ2) is 6.26. The first-order chi connectivity index (χ1) is 9.90. The third kappa shape index (κ3) is 4.04. The van der Waals surface area contributed by atoms with Gasteiger partial charge in [-0.3, -0.25) is 0 Å². The zero-order chi connectivity index (χ0) is 15.5. The van der Waals surface area contributed by atoms with Gasteiger partial charge in [0.1, 0.15) is 5.75 Å². The van der Waals surface area contributed by atoms with Crippen LogP contribution in [0.2, 0.25) is 5.02 Å². The van der Waals surface area contributed by atoms with E-state index in [4.69, 9.17) is 16.3 Å². The van der Waals surface area contributed by atoms with Gasteiger partial charge in [0.15, 0.2) is 0 Å². The smallest absolute Gasteiger partial charge is 0.416 e. The van der Waals surface area contributed by atoms with Crippen molar-refractivity contribution in [2.24, 2.45) is 0 Å². The third-order valence-electron chi connectivity index (χ3n) is 2.93. The number of alkyl halides is 3. The van der Waals surface area contributed by atoms with Crippen LogP contribution in [0.15, 0.2) is 42.5 Å². The summed E-state index contributed by atoms with van der Waals surface area (Å²) in [5.74, 6) is 0.579. The summed E-state index contributed by atoms with van der Waals surface area (Å²) in [5, 5.41) is 3.53. The van der Waals surface area contributed by atoms with Gasteiger partial charge < -0.3 is 10.1 Å². The molecule has 112 valence electrons. The largest absolute Gasteiger partial charge is 0.495 e. The summed E-state index contributed by atoms with van der Waals surface area (Å²) in [7, 11) is 1.53. The van der Waals surface area contributed by atoms with Crippen molar-refractivity contribution >= 4 is 17.3 Å². The zero-order valence-electron chi connectivity index (χ0n) is 11.2. The first kappa shape index (κ1) is 15.5. The predicted molar refractivity (Wildman–Crippen MR) is 76.8 cm³/mol. The second-order valence-electron chi connectivity index (χ2n) is 4.40. The normalized spacial score (nSPS) is 11.3. The monoisotopic (exact) mass is 315 g/mol. The summed E-state index contributed by atoms with van der Waals surface area (Å²) >= 11 is 6.00. The van der Waals surface area contributed by atoms with Crippen LogP contribution in [0.25, 0.3) is 0 Å². The third-order valence-corrected chi connectivity index (χ3v) is 3.22. The lowest BCUT2D eigenvalue weighted by Crippen LogP contribution is -2.05. The highest BCUT2D eigenvalue weighted by Gasteiger charge is 2.29. The summed E-state index contributed by atoms with van der Waals surface area (Å²) < 4.78 is 42.4. The molecule has 2 aromatic rings. The van der Waals surface area contributed by atoms with Crippen LogP contribution < -0.4 is 10.1 Å². The molecule has 0 saturated heterocycles. The average Bonchev–Trinajstić information content (AvgIpc) is 2.45. The lowest BCUT2D eigenvalue weighted by atomic mass is 10.2. The second-order valence-corrected chi connectivity index (χ2v) is 4.80. The van der Waals surface area contributed by atoms with E-state index in [1.54, 1.807) is 12.1 Å². The van der Waals surface area contributed by atoms with E-state index in [2.05, 4.69) is 5.32 Å². The van der Waals surface area contributed by atoms with Crippen molar-refractivity contribution in [1.82, 2.24) is 0 Å². The van der Waals surface area contributed by atoms with Gasteiger partial charge in [0.25, 0.3) is 0 Å². The number of hydrogen-bond acceptors (Lipinski definition) is 2. The maximum atomic E-state index is 12.4. The number of anilines is 1. The summed E-state index contributed by atoms with van der Waals surface area (Å²) in [6, 6.07) is 10.2. The van der Waals surface area contributed by atoms with Crippen LogP contribution in [0.3, 0.4) is 0 Å². The average molecular weight is 316 g/mol. The Labute approximate surface area is 125 Å². The van der Waals surface area contributed by atoms with E-state index < -0.39 is 11.7 Å². The maximum absolute atomic E-state index is 12.4. The molecule has 0 saturated carbocycles. The van der Waals surface area contributed by atoms with Crippen LogP contribution in [0, 0.1) is 0 Å². The van der Waals surface area contributed by atoms with Gasteiger partial charge in [0.05, 0.1) is 17.7 Å². The first-order valence-electron chi connectivity index (χ1n) is 6.13. The van der Waals surface area contributed by atoms with Crippen LogP contribution in [0.5, 0.6) is 5.75 Å². The first-order valence-corrected chi connectivity index (χ1v) is 6.51. The molecule has 2 aromatic carbocycles. The molecule has 0 bridgehead atoms. The Bertz CT molecular complexity index is 611. The summed E-state index contributed by atoms with van der Waals surface area (Å²) in [5.41, 5.74) is 0.844. The Balaban J connectivity index is 2.01. The molecule has 0 radical (unpaired) electrons. The Morgan fingerprint density at radius 1 is 1.10 bits per heavy atom. The number of benzene rings is 2. The Hall–Kier alpha value is -1.88. The van der Waals surface area contributed by atoms with Crippen molar-refractivity contribution < 1.29 is 17.9 Å². The van der Waals surface area contributed by atoms with E-state index in [0.717, 1.165) is 17.7 Å². The number of nitrogens with one attached hydrogen (secondary N) is 1. The molecule has 0 aliphatic carbocycles. The van der Waals surface area contributed by atoms with E-state index in [9.17, 15) is 13.2 Å². The molecule has 21 heavy (non-hydrogen) atoms. The lowest BCUT2D eigenvalue weighted by molar-refractivity contribution is -0.137. The molecule has 0 spiro atoms. The molecular formula is C15H13ClF3NO. The number of methoxy groups -OCH3 is 1. The highest BCUT2D eigenvalue weighted by atomic mass is 35.5. The maximum Gasteiger partial charge on any atom is 0.416 e. The molecule has 0 amide bonds. The molecule has 6 heteroatoms. The van der Waals surface area contributed by atoms with Crippen molar-refractivity contribution in [3.8, 4) is 5.75 Å². The Kier molecular flexibility index (Phi) is 4.63. The van der Waals surface area contributed by atoms with Crippen molar-refractivity contribution in [3.05, 3.63) is 58.6 Å². The van der Waals surface area contributed by atoms with Gasteiger partial charge in [-0.25, -0.2) is 0 Å². The number of hydrogen-bond donors (Lipinski definition) is 1. The van der Waals surface area contributed by atoms with Gasteiger partial charge in [-0.2, -0.15) is 13.2 Å². The lowest BCUT2D eigenvalue weighted by Gasteiger charge is -2.10. The van der Waals surface area contributed by atoms with Crippen molar-refractivity contribution in [1.29, 1.82) is 0 Å². The minimum Gasteiger partial charge on any atom is -0.495 e. The molecule has 0 fully saturated rings. The van der Waals surface area contributed by atoms with E-state index in [1.165, 1.54) is 19.2 Å². The van der Waals surface area contributed by atoms with Crippen LogP contribution in [-0.2, 0) is 12.7 Å². The molecule has 0 heterocycles. The minimum absolute atomic E-state index is 0.453. The van der Waals surface area contributed by atoms with Gasteiger partial charge in [0.2, 0.25) is 0 Å². The molecular weight excluding hydrogens is 303 g/mol. The minimum atomic E-state index is -4.32. The molecule has 0 aliphatic heterocycles. The van der Waals surface area contributed by atoms with Crippen LogP contribution in [-0.4, -0.2) is 7.11 Å². The van der Waals surface area contributed by atoms with E-state index in [0.29, 0.717) is 23.0 Å². The van der Waals surface area contributed by atoms with Crippen LogP contribution in [0.1, 0.15) is 11.1 Å².